The highest BCUT2D eigenvalue weighted by atomic mass is 19.4. The highest BCUT2D eigenvalue weighted by Crippen LogP contribution is 2.27. The highest BCUT2D eigenvalue weighted by molar-refractivity contribution is 5.35. The molecule has 20 heavy (non-hydrogen) atoms. The molecule has 4 nitrogen and oxygen atoms in total. The summed E-state index contributed by atoms with van der Waals surface area (Å²) in [6.45, 7) is 1.82. The first-order valence-electron chi connectivity index (χ1n) is 5.88. The maximum atomic E-state index is 12.2. The second kappa shape index (κ2) is 5.16. The second-order valence-electron chi connectivity index (χ2n) is 4.43. The average molecular weight is 285 g/mol. The van der Waals surface area contributed by atoms with Crippen molar-refractivity contribution in [3.63, 3.8) is 0 Å². The maximum Gasteiger partial charge on any atom is 0.573 e. The highest BCUT2D eigenvalue weighted by Gasteiger charge is 2.31. The Bertz CT molecular complexity index is 607. The molecule has 0 bridgehead atoms. The van der Waals surface area contributed by atoms with Gasteiger partial charge in [-0.15, -0.1) is 13.2 Å². The van der Waals surface area contributed by atoms with Crippen molar-refractivity contribution in [2.75, 3.05) is 0 Å². The number of ether oxygens (including phenoxy) is 1. The van der Waals surface area contributed by atoms with Crippen LogP contribution in [0.25, 0.3) is 0 Å². The normalized spacial score (nSPS) is 13.3. The van der Waals surface area contributed by atoms with Gasteiger partial charge in [0.15, 0.2) is 0 Å². The van der Waals surface area contributed by atoms with Crippen molar-refractivity contribution in [1.29, 1.82) is 0 Å². The number of aryl methyl sites for hydroxylation is 2. The summed E-state index contributed by atoms with van der Waals surface area (Å²) in [4.78, 5) is 0. The zero-order valence-corrected chi connectivity index (χ0v) is 11.0. The van der Waals surface area contributed by atoms with Crippen LogP contribution in [-0.4, -0.2) is 16.1 Å². The number of hydrogen-bond acceptors (Lipinski definition) is 3. The van der Waals surface area contributed by atoms with Crippen molar-refractivity contribution in [3.05, 3.63) is 47.3 Å². The van der Waals surface area contributed by atoms with E-state index in [0.717, 1.165) is 5.69 Å². The van der Waals surface area contributed by atoms with Gasteiger partial charge in [-0.05, 0) is 30.7 Å². The van der Waals surface area contributed by atoms with E-state index in [0.29, 0.717) is 11.3 Å². The van der Waals surface area contributed by atoms with Crippen LogP contribution in [0.1, 0.15) is 23.0 Å². The Labute approximate surface area is 114 Å². The lowest BCUT2D eigenvalue weighted by atomic mass is 10.0. The zero-order chi connectivity index (χ0) is 14.9. The fraction of sp³-hybridized carbons (Fsp3) is 0.308. The first-order valence-corrected chi connectivity index (χ1v) is 5.88. The standard InChI is InChI=1S/C13H14F3N3O/c1-8-6-11(19(2)18-8)12(17)9-4-3-5-10(7-9)20-13(14,15)16/h3-7,12H,17H2,1-2H3. The fourth-order valence-corrected chi connectivity index (χ4v) is 2.00. The Hall–Kier alpha value is -2.02. The van der Waals surface area contributed by atoms with Crippen molar-refractivity contribution in [3.8, 4) is 5.75 Å². The monoisotopic (exact) mass is 285 g/mol. The summed E-state index contributed by atoms with van der Waals surface area (Å²) >= 11 is 0. The van der Waals surface area contributed by atoms with Crippen LogP contribution in [-0.2, 0) is 7.05 Å². The number of halogens is 3. The van der Waals surface area contributed by atoms with Crippen LogP contribution in [0.2, 0.25) is 0 Å². The summed E-state index contributed by atoms with van der Waals surface area (Å²) in [5.41, 5.74) is 8.10. The number of alkyl halides is 3. The molecule has 1 unspecified atom stereocenters. The van der Waals surface area contributed by atoms with Crippen LogP contribution in [0.4, 0.5) is 13.2 Å². The average Bonchev–Trinajstić information content (AvgIpc) is 2.65. The molecule has 0 amide bonds. The summed E-state index contributed by atoms with van der Waals surface area (Å²) in [5, 5.41) is 4.16. The molecule has 2 aromatic rings. The van der Waals surface area contributed by atoms with Gasteiger partial charge in [-0.3, -0.25) is 4.68 Å². The summed E-state index contributed by atoms with van der Waals surface area (Å²) < 4.78 is 42.1. The maximum absolute atomic E-state index is 12.2. The van der Waals surface area contributed by atoms with E-state index in [1.807, 2.05) is 6.92 Å². The molecule has 0 aliphatic carbocycles. The van der Waals surface area contributed by atoms with E-state index in [9.17, 15) is 13.2 Å². The van der Waals surface area contributed by atoms with Crippen molar-refractivity contribution in [1.82, 2.24) is 9.78 Å². The minimum absolute atomic E-state index is 0.288. The minimum Gasteiger partial charge on any atom is -0.406 e. The molecule has 0 saturated heterocycles. The van der Waals surface area contributed by atoms with E-state index in [2.05, 4.69) is 9.84 Å². The third kappa shape index (κ3) is 3.30. The predicted octanol–water partition coefficient (Wildman–Crippen LogP) is 2.68. The van der Waals surface area contributed by atoms with Crippen LogP contribution >= 0.6 is 0 Å². The van der Waals surface area contributed by atoms with Gasteiger partial charge in [0.1, 0.15) is 5.75 Å². The lowest BCUT2D eigenvalue weighted by Crippen LogP contribution is -2.18. The number of aromatic nitrogens is 2. The van der Waals surface area contributed by atoms with Gasteiger partial charge in [-0.1, -0.05) is 12.1 Å². The third-order valence-corrected chi connectivity index (χ3v) is 2.81. The molecular formula is C13H14F3N3O. The molecule has 1 aromatic carbocycles. The topological polar surface area (TPSA) is 53.1 Å². The van der Waals surface area contributed by atoms with Gasteiger partial charge in [0.05, 0.1) is 17.4 Å². The Kier molecular flexibility index (Phi) is 3.71. The molecule has 0 fully saturated rings. The summed E-state index contributed by atoms with van der Waals surface area (Å²) in [7, 11) is 1.73. The summed E-state index contributed by atoms with van der Waals surface area (Å²) in [5.74, 6) is -0.288. The van der Waals surface area contributed by atoms with Crippen molar-refractivity contribution >= 4 is 0 Å². The predicted molar refractivity (Wildman–Crippen MR) is 67.1 cm³/mol. The van der Waals surface area contributed by atoms with Crippen LogP contribution in [0.15, 0.2) is 30.3 Å². The number of hydrogen-bond donors (Lipinski definition) is 1. The summed E-state index contributed by atoms with van der Waals surface area (Å²) in [6, 6.07) is 6.86. The van der Waals surface area contributed by atoms with E-state index >= 15 is 0 Å². The molecule has 1 aromatic heterocycles. The number of benzene rings is 1. The zero-order valence-electron chi connectivity index (χ0n) is 11.0. The number of rotatable bonds is 3. The molecule has 108 valence electrons. The molecule has 0 radical (unpaired) electrons. The van der Waals surface area contributed by atoms with Gasteiger partial charge < -0.3 is 10.5 Å². The van der Waals surface area contributed by atoms with E-state index in [1.54, 1.807) is 23.9 Å². The van der Waals surface area contributed by atoms with Gasteiger partial charge in [0.25, 0.3) is 0 Å². The first kappa shape index (κ1) is 14.4. The van der Waals surface area contributed by atoms with Crippen molar-refractivity contribution < 1.29 is 17.9 Å². The molecule has 2 N–H and O–H groups in total. The van der Waals surface area contributed by atoms with Crippen molar-refractivity contribution in [2.45, 2.75) is 19.3 Å². The van der Waals surface area contributed by atoms with Crippen LogP contribution < -0.4 is 10.5 Å². The molecular weight excluding hydrogens is 271 g/mol. The van der Waals surface area contributed by atoms with Crippen LogP contribution in [0.5, 0.6) is 5.75 Å². The summed E-state index contributed by atoms with van der Waals surface area (Å²) in [6.07, 6.45) is -4.72. The Morgan fingerprint density at radius 2 is 2.00 bits per heavy atom. The van der Waals surface area contributed by atoms with E-state index in [1.165, 1.54) is 18.2 Å². The van der Waals surface area contributed by atoms with Gasteiger partial charge in [-0.2, -0.15) is 5.10 Å². The lowest BCUT2D eigenvalue weighted by molar-refractivity contribution is -0.274. The third-order valence-electron chi connectivity index (χ3n) is 2.81. The Morgan fingerprint density at radius 1 is 1.30 bits per heavy atom. The Balaban J connectivity index is 2.29. The number of nitrogens with zero attached hydrogens (tertiary/aromatic N) is 2. The molecule has 7 heteroatoms. The number of nitrogens with two attached hydrogens (primary N) is 1. The molecule has 1 atom stereocenters. The quantitative estimate of drug-likeness (QED) is 0.943. The molecule has 1 heterocycles. The molecule has 2 rings (SSSR count). The first-order chi connectivity index (χ1) is 9.26. The smallest absolute Gasteiger partial charge is 0.406 e. The van der Waals surface area contributed by atoms with Gasteiger partial charge in [0, 0.05) is 7.05 Å². The van der Waals surface area contributed by atoms with Gasteiger partial charge in [-0.25, -0.2) is 0 Å². The minimum atomic E-state index is -4.72. The van der Waals surface area contributed by atoms with Crippen LogP contribution in [0, 0.1) is 6.92 Å². The molecule has 0 aliphatic heterocycles. The van der Waals surface area contributed by atoms with E-state index in [-0.39, 0.29) is 5.75 Å². The largest absolute Gasteiger partial charge is 0.573 e. The molecule has 0 aliphatic rings. The molecule has 0 saturated carbocycles. The van der Waals surface area contributed by atoms with E-state index in [4.69, 9.17) is 5.73 Å². The SMILES string of the molecule is Cc1cc(C(N)c2cccc(OC(F)(F)F)c2)n(C)n1. The van der Waals surface area contributed by atoms with Gasteiger partial charge in [0.2, 0.25) is 0 Å². The molecule has 0 spiro atoms. The van der Waals surface area contributed by atoms with E-state index < -0.39 is 12.4 Å². The second-order valence-corrected chi connectivity index (χ2v) is 4.43. The van der Waals surface area contributed by atoms with Crippen molar-refractivity contribution in [2.24, 2.45) is 12.8 Å². The lowest BCUT2D eigenvalue weighted by Gasteiger charge is -2.14. The Morgan fingerprint density at radius 3 is 2.55 bits per heavy atom. The van der Waals surface area contributed by atoms with Crippen LogP contribution in [0.3, 0.4) is 0 Å². The van der Waals surface area contributed by atoms with Gasteiger partial charge >= 0.3 is 6.36 Å². The fourth-order valence-electron chi connectivity index (χ4n) is 2.00.